The van der Waals surface area contributed by atoms with Gasteiger partial charge in [-0.25, -0.2) is 0 Å². The Morgan fingerprint density at radius 3 is 1.62 bits per heavy atom. The van der Waals surface area contributed by atoms with Crippen LogP contribution in [-0.2, 0) is 5.41 Å². The fourth-order valence-corrected chi connectivity index (χ4v) is 11.7. The van der Waals surface area contributed by atoms with Gasteiger partial charge >= 0.3 is 0 Å². The third-order valence-electron chi connectivity index (χ3n) is 14.9. The summed E-state index contributed by atoms with van der Waals surface area (Å²) in [4.78, 5) is 4.86. The van der Waals surface area contributed by atoms with E-state index in [0.717, 1.165) is 57.9 Å². The van der Waals surface area contributed by atoms with Crippen LogP contribution in [0.25, 0.3) is 67.4 Å². The van der Waals surface area contributed by atoms with Gasteiger partial charge in [-0.15, -0.1) is 0 Å². The zero-order valence-corrected chi connectivity index (χ0v) is 38.4. The van der Waals surface area contributed by atoms with Gasteiger partial charge in [0.15, 0.2) is 23.0 Å². The van der Waals surface area contributed by atoms with Gasteiger partial charge in [0, 0.05) is 11.1 Å². The Bertz CT molecular complexity index is 3780. The lowest BCUT2D eigenvalue weighted by Gasteiger charge is -2.38. The first kappa shape index (κ1) is 39.6. The van der Waals surface area contributed by atoms with Crippen LogP contribution in [0.1, 0.15) is 31.4 Å². The van der Waals surface area contributed by atoms with E-state index in [9.17, 15) is 0 Å². The van der Waals surface area contributed by atoms with Crippen molar-refractivity contribution in [2.45, 2.75) is 31.7 Å². The molecular formula is C65H46N2O2. The summed E-state index contributed by atoms with van der Waals surface area (Å²) < 4.78 is 13.1. The average molecular weight is 887 g/mol. The summed E-state index contributed by atoms with van der Waals surface area (Å²) in [5.41, 5.74) is 17.7. The normalized spacial score (nSPS) is 15.4. The van der Waals surface area contributed by atoms with Crippen molar-refractivity contribution in [3.05, 3.63) is 234 Å². The number of hydrogen-bond donors (Lipinski definition) is 0. The topological polar surface area (TPSA) is 24.9 Å². The predicted molar refractivity (Wildman–Crippen MR) is 284 cm³/mol. The molecule has 69 heavy (non-hydrogen) atoms. The molecule has 14 rings (SSSR count). The Labute approximate surface area is 401 Å². The lowest BCUT2D eigenvalue weighted by Crippen LogP contribution is -2.40. The number of fused-ring (bicyclic) bond motifs is 9. The van der Waals surface area contributed by atoms with Gasteiger partial charge in [-0.05, 0) is 150 Å². The minimum atomic E-state index is -0.164. The van der Waals surface area contributed by atoms with Gasteiger partial charge in [0.1, 0.15) is 0 Å². The van der Waals surface area contributed by atoms with Crippen LogP contribution in [0.3, 0.4) is 0 Å². The third-order valence-corrected chi connectivity index (χ3v) is 14.9. The standard InChI is InChI=1S/C65H46N2O2/c1-65(2)53-19-7-6-18-47(53)48-35-32-44(38-54(48)65)64-50-37-34-45(66-55-20-8-12-24-59(55)68-60-25-13-9-21-56(60)66)39-51(50)63(43-30-28-42(29-31-43)41-16-4-3-5-17-41)49-36-33-46(40-52(49)64)67-57-22-10-14-26-61(57)69-62-27-15-11-23-58(62)67/h3-33,35-40,45H,34H2,1-2H3. The highest BCUT2D eigenvalue weighted by atomic mass is 16.5. The molecule has 0 fully saturated rings. The molecule has 0 bridgehead atoms. The Hall–Kier alpha value is -8.60. The van der Waals surface area contributed by atoms with E-state index in [4.69, 9.17) is 9.47 Å². The first-order valence-corrected chi connectivity index (χ1v) is 24.0. The smallest absolute Gasteiger partial charge is 0.151 e. The van der Waals surface area contributed by atoms with Crippen LogP contribution in [0.5, 0.6) is 23.0 Å². The molecule has 2 aliphatic carbocycles. The van der Waals surface area contributed by atoms with E-state index < -0.39 is 0 Å². The second kappa shape index (κ2) is 15.2. The highest BCUT2D eigenvalue weighted by Crippen LogP contribution is 2.53. The van der Waals surface area contributed by atoms with Crippen molar-refractivity contribution < 1.29 is 9.47 Å². The third kappa shape index (κ3) is 6.08. The molecule has 0 saturated carbocycles. The Morgan fingerprint density at radius 2 is 0.942 bits per heavy atom. The van der Waals surface area contributed by atoms with E-state index in [1.165, 1.54) is 76.8 Å². The van der Waals surface area contributed by atoms with Crippen LogP contribution >= 0.6 is 0 Å². The lowest BCUT2D eigenvalue weighted by atomic mass is 9.80. The van der Waals surface area contributed by atoms with E-state index >= 15 is 0 Å². The minimum absolute atomic E-state index is 0.00502. The van der Waals surface area contributed by atoms with Crippen LogP contribution in [-0.4, -0.2) is 6.04 Å². The van der Waals surface area contributed by atoms with Gasteiger partial charge in [0.05, 0.1) is 28.8 Å². The minimum Gasteiger partial charge on any atom is -0.453 e. The summed E-state index contributed by atoms with van der Waals surface area (Å²) in [7, 11) is 0. The molecule has 10 aromatic carbocycles. The molecule has 2 heterocycles. The van der Waals surface area contributed by atoms with Crippen molar-refractivity contribution in [3.8, 4) is 67.5 Å². The number of para-hydroxylation sites is 8. The van der Waals surface area contributed by atoms with Crippen LogP contribution in [0.4, 0.5) is 28.4 Å². The molecule has 0 amide bonds. The van der Waals surface area contributed by atoms with Gasteiger partial charge in [-0.2, -0.15) is 0 Å². The fourth-order valence-electron chi connectivity index (χ4n) is 11.7. The monoisotopic (exact) mass is 886 g/mol. The Kier molecular flexibility index (Phi) is 8.72. The van der Waals surface area contributed by atoms with E-state index in [1.807, 2.05) is 12.1 Å². The second-order valence-corrected chi connectivity index (χ2v) is 19.1. The molecule has 2 aliphatic heterocycles. The second-order valence-electron chi connectivity index (χ2n) is 19.1. The molecule has 1 atom stereocenters. The number of nitrogens with zero attached hydrogens (tertiary/aromatic N) is 2. The summed E-state index contributed by atoms with van der Waals surface area (Å²) in [6.07, 6.45) is 5.87. The first-order valence-electron chi connectivity index (χ1n) is 24.0. The van der Waals surface area contributed by atoms with Crippen molar-refractivity contribution in [1.29, 1.82) is 0 Å². The fraction of sp³-hybridized carbons (Fsp3) is 0.0769. The number of hydrogen-bond acceptors (Lipinski definition) is 4. The van der Waals surface area contributed by atoms with Crippen molar-refractivity contribution >= 4 is 51.4 Å². The van der Waals surface area contributed by atoms with Crippen LogP contribution in [0.15, 0.2) is 212 Å². The van der Waals surface area contributed by atoms with Crippen LogP contribution < -0.4 is 29.7 Å². The van der Waals surface area contributed by atoms with Crippen molar-refractivity contribution in [1.82, 2.24) is 0 Å². The maximum absolute atomic E-state index is 6.55. The summed E-state index contributed by atoms with van der Waals surface area (Å²) in [6.45, 7) is 4.76. The number of anilines is 5. The highest BCUT2D eigenvalue weighted by molar-refractivity contribution is 6.09. The van der Waals surface area contributed by atoms with Crippen molar-refractivity contribution in [2.75, 3.05) is 9.80 Å². The quantitative estimate of drug-likeness (QED) is 0.172. The maximum atomic E-state index is 6.55. The van der Waals surface area contributed by atoms with Gasteiger partial charge < -0.3 is 19.3 Å². The number of ether oxygens (including phenoxy) is 2. The summed E-state index contributed by atoms with van der Waals surface area (Å²) in [6, 6.07) is 76.9. The number of rotatable bonds is 5. The molecular weight excluding hydrogens is 841 g/mol. The van der Waals surface area contributed by atoms with Crippen molar-refractivity contribution in [2.24, 2.45) is 0 Å². The molecule has 0 N–H and O–H groups in total. The van der Waals surface area contributed by atoms with E-state index in [0.29, 0.717) is 0 Å². The molecule has 0 aromatic heterocycles. The molecule has 4 nitrogen and oxygen atoms in total. The molecule has 328 valence electrons. The Balaban J connectivity index is 1.07. The number of benzene rings is 10. The summed E-state index contributed by atoms with van der Waals surface area (Å²) in [5.74, 6) is 3.40. The first-order chi connectivity index (χ1) is 34.0. The average Bonchev–Trinajstić information content (AvgIpc) is 3.63. The van der Waals surface area contributed by atoms with E-state index in [2.05, 4.69) is 236 Å². The largest absolute Gasteiger partial charge is 0.453 e. The predicted octanol–water partition coefficient (Wildman–Crippen LogP) is 16.0. The van der Waals surface area contributed by atoms with Crippen LogP contribution in [0.2, 0.25) is 0 Å². The molecule has 4 heteroatoms. The van der Waals surface area contributed by atoms with Gasteiger partial charge in [-0.3, -0.25) is 0 Å². The summed E-state index contributed by atoms with van der Waals surface area (Å²) in [5, 5.41) is 4.89. The zero-order chi connectivity index (χ0) is 45.8. The molecule has 10 aromatic rings. The molecule has 1 unspecified atom stereocenters. The maximum Gasteiger partial charge on any atom is 0.151 e. The zero-order valence-electron chi connectivity index (χ0n) is 38.4. The van der Waals surface area contributed by atoms with Gasteiger partial charge in [0.25, 0.3) is 0 Å². The molecule has 4 aliphatic rings. The van der Waals surface area contributed by atoms with E-state index in [1.54, 1.807) is 0 Å². The highest BCUT2D eigenvalue weighted by Gasteiger charge is 2.36. The SMILES string of the molecule is CC1(C)c2ccccc2-c2ccc(-c3c4c(c(-c5ccc(-c6ccccc6)cc5)c5ccc(N6c7ccccc7Oc7ccccc76)cc35)=CC(N3c5ccccc5Oc5ccccc53)CC=4)cc21. The van der Waals surface area contributed by atoms with Crippen molar-refractivity contribution in [3.63, 3.8) is 0 Å². The summed E-state index contributed by atoms with van der Waals surface area (Å²) >= 11 is 0. The van der Waals surface area contributed by atoms with Gasteiger partial charge in [0.2, 0.25) is 0 Å². The molecule has 0 saturated heterocycles. The van der Waals surface area contributed by atoms with Gasteiger partial charge in [-0.1, -0.05) is 172 Å². The molecule has 0 spiro atoms. The van der Waals surface area contributed by atoms with E-state index in [-0.39, 0.29) is 11.5 Å². The lowest BCUT2D eigenvalue weighted by molar-refractivity contribution is 0.471. The van der Waals surface area contributed by atoms with Crippen LogP contribution in [0, 0.1) is 0 Å². The molecule has 0 radical (unpaired) electrons. The Morgan fingerprint density at radius 1 is 0.420 bits per heavy atom.